The van der Waals surface area contributed by atoms with Gasteiger partial charge in [0.15, 0.2) is 5.82 Å². The van der Waals surface area contributed by atoms with Crippen molar-refractivity contribution >= 4 is 16.3 Å². The minimum atomic E-state index is -0.227. The molecular weight excluding hydrogens is 278 g/mol. The molecule has 2 aromatic rings. The van der Waals surface area contributed by atoms with Crippen LogP contribution in [-0.2, 0) is 14.9 Å². The van der Waals surface area contributed by atoms with Crippen molar-refractivity contribution in [3.63, 3.8) is 0 Å². The summed E-state index contributed by atoms with van der Waals surface area (Å²) in [5.74, 6) is 1.19. The van der Waals surface area contributed by atoms with Gasteiger partial charge in [0.1, 0.15) is 5.01 Å². The van der Waals surface area contributed by atoms with E-state index in [-0.39, 0.29) is 11.5 Å². The molecule has 2 aliphatic rings. The lowest BCUT2D eigenvalue weighted by Crippen LogP contribution is -2.41. The lowest BCUT2D eigenvalue weighted by atomic mass is 9.87. The number of aromatic nitrogens is 4. The van der Waals surface area contributed by atoms with Crippen LogP contribution in [0.3, 0.4) is 0 Å². The monoisotopic (exact) mass is 295 g/mol. The van der Waals surface area contributed by atoms with Gasteiger partial charge in [-0.15, -0.1) is 10.2 Å². The molecule has 2 aliphatic heterocycles. The molecule has 0 bridgehead atoms. The van der Waals surface area contributed by atoms with E-state index < -0.39 is 0 Å². The predicted octanol–water partition coefficient (Wildman–Crippen LogP) is 0.305. The molecule has 0 amide bonds. The van der Waals surface area contributed by atoms with Crippen LogP contribution >= 0.6 is 11.3 Å². The van der Waals surface area contributed by atoms with Gasteiger partial charge in [-0.1, -0.05) is 11.3 Å². The first kappa shape index (κ1) is 12.6. The molecular formula is C12H17N5O2S. The van der Waals surface area contributed by atoms with E-state index in [1.165, 1.54) is 0 Å². The molecule has 0 radical (unpaired) electrons. The van der Waals surface area contributed by atoms with Crippen LogP contribution in [-0.4, -0.2) is 52.3 Å². The molecule has 8 heteroatoms. The van der Waals surface area contributed by atoms with Gasteiger partial charge in [-0.3, -0.25) is 0 Å². The molecule has 0 aliphatic carbocycles. The molecule has 2 aromatic heterocycles. The fourth-order valence-corrected chi connectivity index (χ4v) is 3.81. The Morgan fingerprint density at radius 1 is 1.35 bits per heavy atom. The van der Waals surface area contributed by atoms with Crippen LogP contribution in [0.2, 0.25) is 0 Å². The number of ether oxygens (including phenoxy) is 2. The third-order valence-electron chi connectivity index (χ3n) is 4.32. The summed E-state index contributed by atoms with van der Waals surface area (Å²) in [5.41, 5.74) is 5.95. The summed E-state index contributed by atoms with van der Waals surface area (Å²) in [7, 11) is 0. The quantitative estimate of drug-likeness (QED) is 0.857. The molecule has 2 N–H and O–H groups in total. The van der Waals surface area contributed by atoms with E-state index in [1.807, 2.05) is 4.52 Å². The van der Waals surface area contributed by atoms with Gasteiger partial charge in [-0.05, 0) is 13.3 Å². The second-order valence-electron chi connectivity index (χ2n) is 5.76. The highest BCUT2D eigenvalue weighted by molar-refractivity contribution is 7.16. The Morgan fingerprint density at radius 3 is 2.95 bits per heavy atom. The largest absolute Gasteiger partial charge is 0.381 e. The number of fused-ring (bicyclic) bond motifs is 1. The topological polar surface area (TPSA) is 87.6 Å². The molecule has 2 fully saturated rings. The zero-order chi connectivity index (χ0) is 13.7. The maximum atomic E-state index is 6.17. The highest BCUT2D eigenvalue weighted by Gasteiger charge is 2.42. The van der Waals surface area contributed by atoms with Crippen LogP contribution < -0.4 is 5.73 Å². The van der Waals surface area contributed by atoms with Crippen molar-refractivity contribution in [3.05, 3.63) is 10.8 Å². The lowest BCUT2D eigenvalue weighted by molar-refractivity contribution is 0.179. The standard InChI is InChI=1S/C12H17N5O2S/c1-12(6-19-5-8(12)13)10-16-17-9(7-2-3-18-4-7)14-15-11(17)20-10/h7-8H,2-6,13H2,1H3. The van der Waals surface area contributed by atoms with Gasteiger partial charge in [0, 0.05) is 18.6 Å². The van der Waals surface area contributed by atoms with Crippen LogP contribution in [0, 0.1) is 0 Å². The third kappa shape index (κ3) is 1.72. The molecule has 3 atom stereocenters. The van der Waals surface area contributed by atoms with Gasteiger partial charge < -0.3 is 15.2 Å². The summed E-state index contributed by atoms with van der Waals surface area (Å²) in [6.07, 6.45) is 0.980. The summed E-state index contributed by atoms with van der Waals surface area (Å²) in [4.78, 5) is 0.822. The van der Waals surface area contributed by atoms with Gasteiger partial charge >= 0.3 is 0 Å². The van der Waals surface area contributed by atoms with Gasteiger partial charge in [0.2, 0.25) is 4.96 Å². The highest BCUT2D eigenvalue weighted by Crippen LogP contribution is 2.35. The average Bonchev–Trinajstić information content (AvgIpc) is 3.14. The van der Waals surface area contributed by atoms with Crippen molar-refractivity contribution in [2.75, 3.05) is 26.4 Å². The Hall–Kier alpha value is -1.09. The Bertz CT molecular complexity index is 635. The summed E-state index contributed by atoms with van der Waals surface area (Å²) in [5, 5.41) is 14.2. The zero-order valence-corrected chi connectivity index (χ0v) is 12.1. The van der Waals surface area contributed by atoms with Gasteiger partial charge in [-0.2, -0.15) is 9.61 Å². The van der Waals surface area contributed by atoms with E-state index >= 15 is 0 Å². The Balaban J connectivity index is 1.76. The number of hydrogen-bond donors (Lipinski definition) is 1. The van der Waals surface area contributed by atoms with Gasteiger partial charge in [-0.25, -0.2) is 0 Å². The molecule has 2 saturated heterocycles. The second-order valence-corrected chi connectivity index (χ2v) is 6.72. The highest BCUT2D eigenvalue weighted by atomic mass is 32.1. The minimum absolute atomic E-state index is 0.0235. The van der Waals surface area contributed by atoms with Crippen molar-refractivity contribution < 1.29 is 9.47 Å². The molecule has 0 aromatic carbocycles. The average molecular weight is 295 g/mol. The molecule has 7 nitrogen and oxygen atoms in total. The molecule has 4 rings (SSSR count). The van der Waals surface area contributed by atoms with E-state index in [9.17, 15) is 0 Å². The maximum absolute atomic E-state index is 6.17. The molecule has 108 valence electrons. The van der Waals surface area contributed by atoms with E-state index in [4.69, 9.17) is 20.3 Å². The fraction of sp³-hybridized carbons (Fsp3) is 0.750. The summed E-state index contributed by atoms with van der Waals surface area (Å²) in [6.45, 7) is 4.79. The molecule has 0 spiro atoms. The lowest BCUT2D eigenvalue weighted by Gasteiger charge is -2.23. The normalized spacial score (nSPS) is 34.3. The summed E-state index contributed by atoms with van der Waals surface area (Å²) in [6, 6.07) is -0.0235. The van der Waals surface area contributed by atoms with E-state index in [0.29, 0.717) is 25.7 Å². The Labute approximate surface area is 120 Å². The van der Waals surface area contributed by atoms with Crippen molar-refractivity contribution in [2.45, 2.75) is 30.7 Å². The third-order valence-corrected chi connectivity index (χ3v) is 5.49. The Kier molecular flexibility index (Phi) is 2.81. The Morgan fingerprint density at radius 2 is 2.25 bits per heavy atom. The number of nitrogens with zero attached hydrogens (tertiary/aromatic N) is 4. The van der Waals surface area contributed by atoms with E-state index in [0.717, 1.165) is 28.8 Å². The van der Waals surface area contributed by atoms with Crippen LogP contribution in [0.5, 0.6) is 0 Å². The first-order valence-electron chi connectivity index (χ1n) is 6.82. The second kappa shape index (κ2) is 4.45. The van der Waals surface area contributed by atoms with Crippen LogP contribution in [0.1, 0.15) is 30.1 Å². The summed E-state index contributed by atoms with van der Waals surface area (Å²) >= 11 is 1.55. The first-order valence-corrected chi connectivity index (χ1v) is 7.64. The SMILES string of the molecule is CC1(c2nn3c(C4CCOC4)nnc3s2)COCC1N. The van der Waals surface area contributed by atoms with E-state index in [2.05, 4.69) is 17.1 Å². The minimum Gasteiger partial charge on any atom is -0.381 e. The van der Waals surface area contributed by atoms with Gasteiger partial charge in [0.25, 0.3) is 0 Å². The van der Waals surface area contributed by atoms with Crippen molar-refractivity contribution in [3.8, 4) is 0 Å². The van der Waals surface area contributed by atoms with Crippen LogP contribution in [0.4, 0.5) is 0 Å². The smallest absolute Gasteiger partial charge is 0.234 e. The number of rotatable bonds is 2. The van der Waals surface area contributed by atoms with Crippen molar-refractivity contribution in [2.24, 2.45) is 5.73 Å². The maximum Gasteiger partial charge on any atom is 0.234 e. The molecule has 4 heterocycles. The fourth-order valence-electron chi connectivity index (χ4n) is 2.76. The van der Waals surface area contributed by atoms with E-state index in [1.54, 1.807) is 11.3 Å². The van der Waals surface area contributed by atoms with Crippen LogP contribution in [0.25, 0.3) is 4.96 Å². The molecule has 0 saturated carbocycles. The number of hydrogen-bond acceptors (Lipinski definition) is 7. The van der Waals surface area contributed by atoms with Gasteiger partial charge in [0.05, 0.1) is 25.2 Å². The predicted molar refractivity (Wildman–Crippen MR) is 73.0 cm³/mol. The van der Waals surface area contributed by atoms with Crippen LogP contribution in [0.15, 0.2) is 0 Å². The van der Waals surface area contributed by atoms with Crippen molar-refractivity contribution in [1.82, 2.24) is 19.8 Å². The zero-order valence-electron chi connectivity index (χ0n) is 11.3. The summed E-state index contributed by atoms with van der Waals surface area (Å²) < 4.78 is 12.8. The van der Waals surface area contributed by atoms with Crippen molar-refractivity contribution in [1.29, 1.82) is 0 Å². The molecule has 20 heavy (non-hydrogen) atoms. The number of nitrogens with two attached hydrogens (primary N) is 1. The molecule has 3 unspecified atom stereocenters. The first-order chi connectivity index (χ1) is 9.68.